The number of hydrogen-bond donors (Lipinski definition) is 1. The number of rotatable bonds is 2. The van der Waals surface area contributed by atoms with Gasteiger partial charge in [-0.2, -0.15) is 5.10 Å². The van der Waals surface area contributed by atoms with Crippen LogP contribution in [0.5, 0.6) is 5.75 Å². The van der Waals surface area contributed by atoms with Gasteiger partial charge in [0, 0.05) is 11.5 Å². The number of aromatic nitrogens is 2. The third-order valence-corrected chi connectivity index (χ3v) is 4.05. The molecule has 0 saturated carbocycles. The van der Waals surface area contributed by atoms with Crippen LogP contribution < -0.4 is 0 Å². The predicted octanol–water partition coefficient (Wildman–Crippen LogP) is 5.09. The molecule has 1 N–H and O–H groups in total. The van der Waals surface area contributed by atoms with Gasteiger partial charge in [-0.1, -0.05) is 24.3 Å². The van der Waals surface area contributed by atoms with Crippen molar-refractivity contribution in [2.45, 2.75) is 0 Å². The van der Waals surface area contributed by atoms with Gasteiger partial charge in [-0.05, 0) is 41.5 Å². The van der Waals surface area contributed by atoms with E-state index in [2.05, 4.69) is 9.94 Å². The predicted molar refractivity (Wildman–Crippen MR) is 94.4 cm³/mol. The van der Waals surface area contributed by atoms with E-state index in [1.165, 1.54) is 12.1 Å². The summed E-state index contributed by atoms with van der Waals surface area (Å²) >= 11 is 0. The second-order valence-corrected chi connectivity index (χ2v) is 5.63. The lowest BCUT2D eigenvalue weighted by atomic mass is 10.0. The van der Waals surface area contributed by atoms with Crippen LogP contribution in [-0.2, 0) is 0 Å². The quantitative estimate of drug-likeness (QED) is 0.521. The van der Waals surface area contributed by atoms with E-state index >= 15 is 0 Å². The van der Waals surface area contributed by atoms with Crippen LogP contribution in [0, 0.1) is 12.4 Å². The van der Waals surface area contributed by atoms with Gasteiger partial charge >= 0.3 is 0 Å². The number of benzene rings is 3. The third kappa shape index (κ3) is 2.60. The maximum absolute atomic E-state index is 13.3. The van der Waals surface area contributed by atoms with Crippen molar-refractivity contribution in [2.24, 2.45) is 0 Å². The fourth-order valence-electron chi connectivity index (χ4n) is 2.81. The molecule has 0 aliphatic carbocycles. The Hall–Kier alpha value is -3.65. The maximum Gasteiger partial charge on any atom is 0.187 e. The molecule has 4 rings (SSSR count). The van der Waals surface area contributed by atoms with Crippen LogP contribution in [0.15, 0.2) is 66.9 Å². The van der Waals surface area contributed by atoms with Gasteiger partial charge in [-0.15, -0.1) is 0 Å². The van der Waals surface area contributed by atoms with Crippen molar-refractivity contribution in [1.29, 1.82) is 0 Å². The molecule has 120 valence electrons. The first-order chi connectivity index (χ1) is 12.2. The van der Waals surface area contributed by atoms with Crippen LogP contribution in [0.2, 0.25) is 0 Å². The topological polar surface area (TPSA) is 42.4 Å². The molecule has 1 aromatic heterocycles. The van der Waals surface area contributed by atoms with E-state index in [1.807, 2.05) is 36.4 Å². The Labute approximate surface area is 143 Å². The lowest BCUT2D eigenvalue weighted by Crippen LogP contribution is -1.96. The van der Waals surface area contributed by atoms with Gasteiger partial charge in [-0.3, -0.25) is 0 Å². The number of halogens is 1. The van der Waals surface area contributed by atoms with Crippen molar-refractivity contribution in [1.82, 2.24) is 9.78 Å². The molecule has 4 nitrogen and oxygen atoms in total. The summed E-state index contributed by atoms with van der Waals surface area (Å²) in [5.74, 6) is -1.07. The lowest BCUT2D eigenvalue weighted by molar-refractivity contribution is 0.432. The van der Waals surface area contributed by atoms with E-state index < -0.39 is 11.6 Å². The number of fused-ring (bicyclic) bond motifs is 1. The monoisotopic (exact) mass is 329 g/mol. The molecule has 0 saturated heterocycles. The van der Waals surface area contributed by atoms with E-state index in [1.54, 1.807) is 23.0 Å². The first kappa shape index (κ1) is 14.9. The molecular weight excluding hydrogens is 317 g/mol. The number of phenolic OH excluding ortho intramolecular Hbond substituents is 1. The zero-order chi connectivity index (χ0) is 17.4. The van der Waals surface area contributed by atoms with Gasteiger partial charge in [0.1, 0.15) is 0 Å². The zero-order valence-electron chi connectivity index (χ0n) is 13.0. The molecule has 0 radical (unpaired) electrons. The Kier molecular flexibility index (Phi) is 3.44. The van der Waals surface area contributed by atoms with Crippen LogP contribution in [0.1, 0.15) is 0 Å². The molecule has 3 aromatic carbocycles. The van der Waals surface area contributed by atoms with E-state index in [-0.39, 0.29) is 0 Å². The Morgan fingerprint density at radius 1 is 1.00 bits per heavy atom. The van der Waals surface area contributed by atoms with Crippen LogP contribution in [0.3, 0.4) is 0 Å². The average molecular weight is 329 g/mol. The molecule has 0 unspecified atom stereocenters. The molecule has 0 amide bonds. The summed E-state index contributed by atoms with van der Waals surface area (Å²) in [6, 6.07) is 17.4. The standard InChI is InChI=1S/C20H12FN3O/c1-22-16-4-2-3-13(10-16)14-5-8-19-15(9-14)12-23-24(19)17-6-7-18(21)20(25)11-17/h2-12,25H. The highest BCUT2D eigenvalue weighted by atomic mass is 19.1. The summed E-state index contributed by atoms with van der Waals surface area (Å²) in [7, 11) is 0. The highest BCUT2D eigenvalue weighted by Gasteiger charge is 2.09. The molecule has 0 aliphatic rings. The van der Waals surface area contributed by atoms with Gasteiger partial charge < -0.3 is 5.11 Å². The first-order valence-electron chi connectivity index (χ1n) is 7.60. The summed E-state index contributed by atoms with van der Waals surface area (Å²) < 4.78 is 14.9. The highest BCUT2D eigenvalue weighted by Crippen LogP contribution is 2.29. The smallest absolute Gasteiger partial charge is 0.187 e. The van der Waals surface area contributed by atoms with Gasteiger partial charge in [0.05, 0.1) is 24.0 Å². The minimum absolute atomic E-state index is 0.409. The summed E-state index contributed by atoms with van der Waals surface area (Å²) in [4.78, 5) is 3.46. The highest BCUT2D eigenvalue weighted by molar-refractivity contribution is 5.86. The van der Waals surface area contributed by atoms with E-state index in [9.17, 15) is 9.50 Å². The molecular formula is C20H12FN3O. The summed E-state index contributed by atoms with van der Waals surface area (Å²) in [6.45, 7) is 7.13. The molecule has 5 heteroatoms. The summed E-state index contributed by atoms with van der Waals surface area (Å²) in [5.41, 5.74) is 3.96. The molecule has 0 aliphatic heterocycles. The van der Waals surface area contributed by atoms with Crippen molar-refractivity contribution in [3.63, 3.8) is 0 Å². The third-order valence-electron chi connectivity index (χ3n) is 4.05. The fraction of sp³-hybridized carbons (Fsp3) is 0. The Morgan fingerprint density at radius 3 is 2.64 bits per heavy atom. The molecule has 0 spiro atoms. The van der Waals surface area contributed by atoms with Crippen molar-refractivity contribution in [2.75, 3.05) is 0 Å². The van der Waals surface area contributed by atoms with Crippen LogP contribution >= 0.6 is 0 Å². The van der Waals surface area contributed by atoms with Crippen molar-refractivity contribution in [3.8, 4) is 22.6 Å². The molecule has 0 fully saturated rings. The molecule has 0 bridgehead atoms. The number of nitrogens with zero attached hydrogens (tertiary/aromatic N) is 3. The minimum Gasteiger partial charge on any atom is -0.505 e. The van der Waals surface area contributed by atoms with Crippen molar-refractivity contribution in [3.05, 3.63) is 84.1 Å². The van der Waals surface area contributed by atoms with Crippen LogP contribution in [-0.4, -0.2) is 14.9 Å². The summed E-state index contributed by atoms with van der Waals surface area (Å²) in [6.07, 6.45) is 1.72. The second-order valence-electron chi connectivity index (χ2n) is 5.63. The van der Waals surface area contributed by atoms with Crippen LogP contribution in [0.25, 0.3) is 32.6 Å². The number of hydrogen-bond acceptors (Lipinski definition) is 2. The molecule has 25 heavy (non-hydrogen) atoms. The molecule has 1 heterocycles. The molecule has 4 aromatic rings. The zero-order valence-corrected chi connectivity index (χ0v) is 13.0. The largest absolute Gasteiger partial charge is 0.505 e. The van der Waals surface area contributed by atoms with Crippen LogP contribution in [0.4, 0.5) is 10.1 Å². The normalized spacial score (nSPS) is 10.7. The first-order valence-corrected chi connectivity index (χ1v) is 7.60. The SMILES string of the molecule is [C-]#[N+]c1cccc(-c2ccc3c(cnn3-c3ccc(F)c(O)c3)c2)c1. The molecule has 0 atom stereocenters. The van der Waals surface area contributed by atoms with E-state index in [0.29, 0.717) is 11.4 Å². The lowest BCUT2D eigenvalue weighted by Gasteiger charge is -2.06. The van der Waals surface area contributed by atoms with Gasteiger partial charge in [-0.25, -0.2) is 13.9 Å². The Bertz CT molecular complexity index is 1140. The van der Waals surface area contributed by atoms with E-state index in [0.717, 1.165) is 22.0 Å². The summed E-state index contributed by atoms with van der Waals surface area (Å²) in [5, 5.41) is 14.8. The minimum atomic E-state index is -0.665. The van der Waals surface area contributed by atoms with Crippen molar-refractivity contribution >= 4 is 16.6 Å². The van der Waals surface area contributed by atoms with Gasteiger partial charge in [0.2, 0.25) is 0 Å². The van der Waals surface area contributed by atoms with Crippen molar-refractivity contribution < 1.29 is 9.50 Å². The van der Waals surface area contributed by atoms with Gasteiger partial charge in [0.15, 0.2) is 17.3 Å². The fourth-order valence-corrected chi connectivity index (χ4v) is 2.81. The Balaban J connectivity index is 1.81. The van der Waals surface area contributed by atoms with Gasteiger partial charge in [0.25, 0.3) is 0 Å². The maximum atomic E-state index is 13.3. The second kappa shape index (κ2) is 5.77. The van der Waals surface area contributed by atoms with E-state index in [4.69, 9.17) is 6.57 Å². The number of phenols is 1. The average Bonchev–Trinajstić information content (AvgIpc) is 3.07. The Morgan fingerprint density at radius 2 is 1.84 bits per heavy atom. The number of aromatic hydroxyl groups is 1.